The van der Waals surface area contributed by atoms with Crippen LogP contribution in [-0.4, -0.2) is 5.97 Å². The minimum Gasteiger partial charge on any atom is -0.423 e. The second-order valence-electron chi connectivity index (χ2n) is 6.75. The van der Waals surface area contributed by atoms with Crippen LogP contribution in [0.1, 0.15) is 29.3 Å². The van der Waals surface area contributed by atoms with Crippen LogP contribution in [0.25, 0.3) is 21.8 Å². The van der Waals surface area contributed by atoms with Gasteiger partial charge in [-0.15, -0.1) is 0 Å². The third-order valence-electron chi connectivity index (χ3n) is 4.95. The van der Waals surface area contributed by atoms with E-state index in [2.05, 4.69) is 11.5 Å². The van der Waals surface area contributed by atoms with Crippen LogP contribution in [0.3, 0.4) is 0 Å². The number of carbonyl (C=O) groups is 1. The van der Waals surface area contributed by atoms with E-state index in [9.17, 15) is 4.79 Å². The van der Waals surface area contributed by atoms with Crippen molar-refractivity contribution in [3.8, 4) is 5.75 Å². The van der Waals surface area contributed by atoms with Crippen LogP contribution in [0.5, 0.6) is 5.75 Å². The zero-order valence-electron chi connectivity index (χ0n) is 15.6. The molecule has 27 heavy (non-hydrogen) atoms. The second-order valence-corrected chi connectivity index (χ2v) is 6.75. The maximum atomic E-state index is 13.1. The van der Waals surface area contributed by atoms with Gasteiger partial charge in [0.25, 0.3) is 0 Å². The monoisotopic (exact) mass is 356 g/mol. The molecule has 0 aliphatic rings. The number of ether oxygens (including phenoxy) is 1. The molecule has 0 fully saturated rings. The summed E-state index contributed by atoms with van der Waals surface area (Å²) in [5.74, 6) is 0.243. The number of rotatable bonds is 4. The number of hydrogen-bond donors (Lipinski definition) is 0. The zero-order chi connectivity index (χ0) is 18.8. The molecular formula is C24H22NO2+. The van der Waals surface area contributed by atoms with E-state index < -0.39 is 0 Å². The first kappa shape index (κ1) is 17.2. The number of nitrogens with zero attached hydrogens (tertiary/aromatic N) is 1. The summed E-state index contributed by atoms with van der Waals surface area (Å²) in [5.41, 5.74) is 3.86. The average molecular weight is 356 g/mol. The number of para-hydroxylation sites is 2. The molecule has 0 aliphatic carbocycles. The highest BCUT2D eigenvalue weighted by molar-refractivity contribution is 6.13. The van der Waals surface area contributed by atoms with E-state index in [1.54, 1.807) is 0 Å². The summed E-state index contributed by atoms with van der Waals surface area (Å²) in [6.07, 6.45) is 2.12. The van der Waals surface area contributed by atoms with Gasteiger partial charge in [-0.3, -0.25) is 0 Å². The Morgan fingerprint density at radius 2 is 1.41 bits per heavy atom. The van der Waals surface area contributed by atoms with Gasteiger partial charge in [-0.05, 0) is 36.2 Å². The van der Waals surface area contributed by atoms with Crippen LogP contribution < -0.4 is 9.30 Å². The summed E-state index contributed by atoms with van der Waals surface area (Å²) in [6, 6.07) is 23.7. The fourth-order valence-electron chi connectivity index (χ4n) is 3.62. The molecule has 4 aromatic rings. The number of hydrogen-bond acceptors (Lipinski definition) is 2. The molecule has 1 heterocycles. The summed E-state index contributed by atoms with van der Waals surface area (Å²) in [5, 5.41) is 1.79. The first-order valence-electron chi connectivity index (χ1n) is 9.29. The molecule has 1 aromatic heterocycles. The number of aryl methyl sites for hydroxylation is 2. The quantitative estimate of drug-likeness (QED) is 0.223. The van der Waals surface area contributed by atoms with Gasteiger partial charge in [0.1, 0.15) is 12.8 Å². The maximum absolute atomic E-state index is 13.1. The van der Waals surface area contributed by atoms with Crippen molar-refractivity contribution in [3.63, 3.8) is 0 Å². The Labute approximate surface area is 158 Å². The van der Waals surface area contributed by atoms with E-state index in [1.807, 2.05) is 79.8 Å². The first-order valence-corrected chi connectivity index (χ1v) is 9.29. The van der Waals surface area contributed by atoms with Crippen LogP contribution >= 0.6 is 0 Å². The number of esters is 1. The average Bonchev–Trinajstić information content (AvgIpc) is 2.70. The molecule has 134 valence electrons. The molecule has 0 radical (unpaired) electrons. The molecule has 3 nitrogen and oxygen atoms in total. The lowest BCUT2D eigenvalue weighted by molar-refractivity contribution is -0.617. The van der Waals surface area contributed by atoms with Crippen LogP contribution in [0, 0.1) is 0 Å². The lowest BCUT2D eigenvalue weighted by atomic mass is 10.0. The van der Waals surface area contributed by atoms with Gasteiger partial charge in [0.05, 0.1) is 16.3 Å². The van der Waals surface area contributed by atoms with Gasteiger partial charge < -0.3 is 4.74 Å². The number of benzene rings is 3. The third kappa shape index (κ3) is 3.17. The maximum Gasteiger partial charge on any atom is 0.345 e. The zero-order valence-corrected chi connectivity index (χ0v) is 15.6. The summed E-state index contributed by atoms with van der Waals surface area (Å²) in [4.78, 5) is 13.1. The Balaban J connectivity index is 1.81. The molecule has 3 heteroatoms. The summed E-state index contributed by atoms with van der Waals surface area (Å²) >= 11 is 0. The highest BCUT2D eigenvalue weighted by Crippen LogP contribution is 2.26. The molecule has 0 N–H and O–H groups in total. The minimum absolute atomic E-state index is 0.328. The molecule has 0 saturated carbocycles. The Morgan fingerprint density at radius 3 is 1.96 bits per heavy atom. The van der Waals surface area contributed by atoms with Crippen molar-refractivity contribution in [2.75, 3.05) is 0 Å². The topological polar surface area (TPSA) is 30.2 Å². The van der Waals surface area contributed by atoms with E-state index >= 15 is 0 Å². The first-order chi connectivity index (χ1) is 13.2. The van der Waals surface area contributed by atoms with Crippen molar-refractivity contribution >= 4 is 27.8 Å². The number of fused-ring (bicyclic) bond motifs is 2. The Morgan fingerprint density at radius 1 is 0.852 bits per heavy atom. The molecule has 0 atom stereocenters. The Bertz CT molecular complexity index is 1070. The van der Waals surface area contributed by atoms with E-state index in [4.69, 9.17) is 4.74 Å². The highest BCUT2D eigenvalue weighted by Gasteiger charge is 2.23. The van der Waals surface area contributed by atoms with Gasteiger partial charge in [0.2, 0.25) is 11.0 Å². The van der Waals surface area contributed by atoms with Crippen LogP contribution in [0.4, 0.5) is 0 Å². The predicted octanol–water partition coefficient (Wildman–Crippen LogP) is 4.99. The molecule has 0 saturated heterocycles. The highest BCUT2D eigenvalue weighted by atomic mass is 16.5. The molecular weight excluding hydrogens is 334 g/mol. The van der Waals surface area contributed by atoms with Gasteiger partial charge in [0.15, 0.2) is 0 Å². The minimum atomic E-state index is -0.328. The van der Waals surface area contributed by atoms with Crippen molar-refractivity contribution in [2.24, 2.45) is 7.05 Å². The van der Waals surface area contributed by atoms with Crippen LogP contribution in [0.15, 0.2) is 72.8 Å². The van der Waals surface area contributed by atoms with Gasteiger partial charge in [-0.1, -0.05) is 49.7 Å². The van der Waals surface area contributed by atoms with Crippen LogP contribution in [-0.2, 0) is 13.5 Å². The second kappa shape index (κ2) is 7.20. The van der Waals surface area contributed by atoms with Crippen LogP contribution in [0.2, 0.25) is 0 Å². The fraction of sp³-hybridized carbons (Fsp3) is 0.167. The molecule has 0 bridgehead atoms. The summed E-state index contributed by atoms with van der Waals surface area (Å²) in [7, 11) is 2.02. The molecule has 4 rings (SSSR count). The smallest absolute Gasteiger partial charge is 0.345 e. The number of aromatic nitrogens is 1. The standard InChI is InChI=1S/C24H22NO2/c1-3-8-17-13-15-18(16-14-17)27-24(26)23-19-9-4-6-11-21(19)25(2)22-12-7-5-10-20(22)23/h4-7,9-16H,3,8H2,1-2H3/q+1. The molecule has 0 spiro atoms. The summed E-state index contributed by atoms with van der Waals surface area (Å²) < 4.78 is 7.85. The largest absolute Gasteiger partial charge is 0.423 e. The van der Waals surface area contributed by atoms with E-state index in [1.165, 1.54) is 5.56 Å². The lowest BCUT2D eigenvalue weighted by Gasteiger charge is -2.10. The van der Waals surface area contributed by atoms with E-state index in [0.29, 0.717) is 11.3 Å². The van der Waals surface area contributed by atoms with Crippen molar-refractivity contribution in [1.82, 2.24) is 0 Å². The Kier molecular flexibility index (Phi) is 4.59. The van der Waals surface area contributed by atoms with Gasteiger partial charge in [-0.2, -0.15) is 4.57 Å². The van der Waals surface area contributed by atoms with Crippen molar-refractivity contribution in [1.29, 1.82) is 0 Å². The van der Waals surface area contributed by atoms with E-state index in [0.717, 1.165) is 34.6 Å². The molecule has 0 amide bonds. The number of pyridine rings is 1. The third-order valence-corrected chi connectivity index (χ3v) is 4.95. The van der Waals surface area contributed by atoms with E-state index in [-0.39, 0.29) is 5.97 Å². The lowest BCUT2D eigenvalue weighted by Crippen LogP contribution is -2.31. The summed E-state index contributed by atoms with van der Waals surface area (Å²) in [6.45, 7) is 2.15. The molecule has 0 unspecified atom stereocenters. The van der Waals surface area contributed by atoms with Crippen molar-refractivity contribution < 1.29 is 14.1 Å². The fourth-order valence-corrected chi connectivity index (χ4v) is 3.62. The molecule has 0 aliphatic heterocycles. The predicted molar refractivity (Wildman–Crippen MR) is 108 cm³/mol. The SMILES string of the molecule is CCCc1ccc(OC(=O)c2c3ccccc3[n+](C)c3ccccc23)cc1. The van der Waals surface area contributed by atoms with Crippen molar-refractivity contribution in [2.45, 2.75) is 19.8 Å². The van der Waals surface area contributed by atoms with Crippen molar-refractivity contribution in [3.05, 3.63) is 83.9 Å². The van der Waals surface area contributed by atoms with Gasteiger partial charge in [0, 0.05) is 12.1 Å². The molecule has 3 aromatic carbocycles. The van der Waals surface area contributed by atoms with Gasteiger partial charge in [-0.25, -0.2) is 4.79 Å². The normalized spacial score (nSPS) is 11.0. The number of carbonyl (C=O) groups excluding carboxylic acids is 1. The van der Waals surface area contributed by atoms with Gasteiger partial charge >= 0.3 is 5.97 Å². The Hall–Kier alpha value is -3.20.